The Bertz CT molecular complexity index is 2970. The van der Waals surface area contributed by atoms with Crippen LogP contribution in [-0.4, -0.2) is 13.7 Å². The van der Waals surface area contributed by atoms with Gasteiger partial charge in [0.05, 0.1) is 51.2 Å². The normalized spacial score (nSPS) is 23.5. The molecule has 0 unspecified atom stereocenters. The van der Waals surface area contributed by atoms with Gasteiger partial charge in [-0.3, -0.25) is 14.4 Å². The molecule has 0 atom stereocenters. The molecule has 6 nitrogen and oxygen atoms in total. The number of benzene rings is 6. The number of aromatic nitrogens is 3. The standard InChI is InChI=1S/C45H27N3O3/c49-43-22-10-1-4-19-31(22)46-37-25(13-7-16-28(37)43)34-40(46)35-26-14-8-17-29-38(26)47(32-20-5-2-11-23(32)44(29)50)42(35)36-27-15-9-18-30-39(27)48(41(34)36)33-21-6-3-12-24(33)45(30)51/h1-21,34-36,40-42H. The first-order valence-corrected chi connectivity index (χ1v) is 17.8. The van der Waals surface area contributed by atoms with E-state index in [9.17, 15) is 14.4 Å². The van der Waals surface area contributed by atoms with E-state index in [4.69, 9.17) is 0 Å². The summed E-state index contributed by atoms with van der Waals surface area (Å²) in [5, 5.41) is 4.40. The molecule has 13 rings (SSSR count). The van der Waals surface area contributed by atoms with Crippen LogP contribution in [0.2, 0.25) is 0 Å². The fourth-order valence-electron chi connectivity index (χ4n) is 11.5. The minimum Gasteiger partial charge on any atom is -0.336 e. The van der Waals surface area contributed by atoms with Crippen molar-refractivity contribution in [1.82, 2.24) is 13.7 Å². The summed E-state index contributed by atoms with van der Waals surface area (Å²) < 4.78 is 7.49. The summed E-state index contributed by atoms with van der Waals surface area (Å²) in [6, 6.07) is 42.8. The molecule has 9 aromatic rings. The number of nitrogens with zero attached hydrogens (tertiary/aromatic N) is 3. The van der Waals surface area contributed by atoms with E-state index in [2.05, 4.69) is 68.3 Å². The predicted octanol–water partition coefficient (Wildman–Crippen LogP) is 8.42. The van der Waals surface area contributed by atoms with Gasteiger partial charge in [-0.05, 0) is 71.3 Å². The molecule has 4 aliphatic rings. The van der Waals surface area contributed by atoms with E-state index in [-0.39, 0.29) is 52.2 Å². The van der Waals surface area contributed by atoms with Crippen molar-refractivity contribution in [3.05, 3.63) is 175 Å². The van der Waals surface area contributed by atoms with E-state index < -0.39 is 0 Å². The molecule has 1 saturated carbocycles. The molecule has 6 heteroatoms. The minimum absolute atomic E-state index is 0.0187. The third-order valence-corrected chi connectivity index (χ3v) is 13.1. The smallest absolute Gasteiger partial charge is 0.197 e. The van der Waals surface area contributed by atoms with Gasteiger partial charge in [0.25, 0.3) is 0 Å². The maximum absolute atomic E-state index is 14.3. The Kier molecular flexibility index (Phi) is 4.54. The van der Waals surface area contributed by atoms with E-state index >= 15 is 0 Å². The van der Waals surface area contributed by atoms with E-state index in [1.807, 2.05) is 72.8 Å². The first kappa shape index (κ1) is 26.6. The Hall–Kier alpha value is -6.27. The van der Waals surface area contributed by atoms with Crippen LogP contribution in [0.15, 0.2) is 142 Å². The number of fused-ring (bicyclic) bond motifs is 18. The zero-order valence-corrected chi connectivity index (χ0v) is 27.2. The number of hydrogen-bond acceptors (Lipinski definition) is 3. The van der Waals surface area contributed by atoms with Gasteiger partial charge in [0, 0.05) is 50.1 Å². The molecule has 3 aliphatic heterocycles. The van der Waals surface area contributed by atoms with Gasteiger partial charge in [0.15, 0.2) is 16.3 Å². The molecule has 0 radical (unpaired) electrons. The summed E-state index contributed by atoms with van der Waals surface area (Å²) in [4.78, 5) is 42.8. The predicted molar refractivity (Wildman–Crippen MR) is 202 cm³/mol. The van der Waals surface area contributed by atoms with E-state index in [1.54, 1.807) is 0 Å². The highest BCUT2D eigenvalue weighted by Crippen LogP contribution is 2.71. The monoisotopic (exact) mass is 657 g/mol. The molecule has 0 bridgehead atoms. The Morgan fingerprint density at radius 1 is 0.314 bits per heavy atom. The Labute approximate surface area is 289 Å². The first-order chi connectivity index (χ1) is 25.1. The van der Waals surface area contributed by atoms with Crippen LogP contribution in [0.4, 0.5) is 0 Å². The second-order valence-corrected chi connectivity index (χ2v) is 14.9. The minimum atomic E-state index is -0.0661. The molecule has 3 aromatic heterocycles. The Balaban J connectivity index is 1.27. The number of pyridine rings is 3. The Morgan fingerprint density at radius 2 is 0.588 bits per heavy atom. The fourth-order valence-corrected chi connectivity index (χ4v) is 11.5. The van der Waals surface area contributed by atoms with Gasteiger partial charge in [-0.2, -0.15) is 0 Å². The van der Waals surface area contributed by atoms with Crippen LogP contribution < -0.4 is 16.3 Å². The van der Waals surface area contributed by atoms with Gasteiger partial charge in [-0.25, -0.2) is 0 Å². The van der Waals surface area contributed by atoms with Crippen molar-refractivity contribution in [2.75, 3.05) is 0 Å². The van der Waals surface area contributed by atoms with Crippen molar-refractivity contribution >= 4 is 65.4 Å². The van der Waals surface area contributed by atoms with E-state index in [1.165, 1.54) is 16.7 Å². The highest BCUT2D eigenvalue weighted by Gasteiger charge is 2.61. The molecule has 0 saturated heterocycles. The lowest BCUT2D eigenvalue weighted by Crippen LogP contribution is -2.40. The van der Waals surface area contributed by atoms with Crippen molar-refractivity contribution in [2.24, 2.45) is 0 Å². The summed E-state index contributed by atoms with van der Waals surface area (Å²) in [5.74, 6) is -0.0561. The highest BCUT2D eigenvalue weighted by molar-refractivity contribution is 6.01. The van der Waals surface area contributed by atoms with Crippen LogP contribution in [0, 0.1) is 0 Å². The van der Waals surface area contributed by atoms with Gasteiger partial charge < -0.3 is 13.7 Å². The van der Waals surface area contributed by atoms with Crippen molar-refractivity contribution in [1.29, 1.82) is 0 Å². The average Bonchev–Trinajstić information content (AvgIpc) is 3.82. The van der Waals surface area contributed by atoms with Gasteiger partial charge in [-0.15, -0.1) is 0 Å². The van der Waals surface area contributed by atoms with Crippen molar-refractivity contribution in [2.45, 2.75) is 35.9 Å². The summed E-state index contributed by atoms with van der Waals surface area (Å²) in [6.07, 6.45) is 0. The lowest BCUT2D eigenvalue weighted by molar-refractivity contribution is 0.150. The van der Waals surface area contributed by atoms with E-state index in [0.717, 1.165) is 65.4 Å². The molecule has 6 heterocycles. The lowest BCUT2D eigenvalue weighted by Gasteiger charge is -2.47. The van der Waals surface area contributed by atoms with Gasteiger partial charge in [0.1, 0.15) is 0 Å². The number of hydrogen-bond donors (Lipinski definition) is 0. The maximum Gasteiger partial charge on any atom is 0.197 e. The van der Waals surface area contributed by atoms with Crippen LogP contribution in [0.1, 0.15) is 52.6 Å². The number of para-hydroxylation sites is 6. The zero-order valence-electron chi connectivity index (χ0n) is 27.2. The van der Waals surface area contributed by atoms with Crippen LogP contribution in [0.5, 0.6) is 0 Å². The second-order valence-electron chi connectivity index (χ2n) is 14.9. The molecule has 0 N–H and O–H groups in total. The van der Waals surface area contributed by atoms with E-state index in [0.29, 0.717) is 0 Å². The molecular weight excluding hydrogens is 631 g/mol. The lowest BCUT2D eigenvalue weighted by atomic mass is 9.63. The quantitative estimate of drug-likeness (QED) is 0.154. The molecule has 1 fully saturated rings. The van der Waals surface area contributed by atoms with Crippen LogP contribution in [0.25, 0.3) is 65.4 Å². The highest BCUT2D eigenvalue weighted by atomic mass is 16.1. The maximum atomic E-state index is 14.3. The summed E-state index contributed by atoms with van der Waals surface area (Å²) in [7, 11) is 0. The molecule has 1 aliphatic carbocycles. The van der Waals surface area contributed by atoms with Gasteiger partial charge in [-0.1, -0.05) is 72.8 Å². The SMILES string of the molecule is O=c1c2ccccc2n2c3c(cccc13)C1C2C2c3cccc4c(=O)c5ccccc5n(c34)C2C2c3cccc4c(=O)c5ccccc5n(c34)C12. The third kappa shape index (κ3) is 2.81. The van der Waals surface area contributed by atoms with Crippen molar-refractivity contribution in [3.63, 3.8) is 0 Å². The molecule has 6 aromatic carbocycles. The van der Waals surface area contributed by atoms with Crippen LogP contribution >= 0.6 is 0 Å². The molecule has 0 amide bonds. The molecule has 0 spiro atoms. The summed E-state index contributed by atoms with van der Waals surface area (Å²) >= 11 is 0. The van der Waals surface area contributed by atoms with Crippen LogP contribution in [0.3, 0.4) is 0 Å². The number of rotatable bonds is 0. The Morgan fingerprint density at radius 3 is 0.902 bits per heavy atom. The van der Waals surface area contributed by atoms with Gasteiger partial charge in [0.2, 0.25) is 0 Å². The zero-order chi connectivity index (χ0) is 33.4. The second kappa shape index (κ2) is 8.71. The van der Waals surface area contributed by atoms with Gasteiger partial charge >= 0.3 is 0 Å². The topological polar surface area (TPSA) is 66.0 Å². The first-order valence-electron chi connectivity index (χ1n) is 17.8. The van der Waals surface area contributed by atoms with Crippen LogP contribution in [-0.2, 0) is 0 Å². The average molecular weight is 658 g/mol. The molecule has 240 valence electrons. The van der Waals surface area contributed by atoms with Crippen molar-refractivity contribution in [3.8, 4) is 0 Å². The summed E-state index contributed by atoms with van der Waals surface area (Å²) in [5.41, 5.74) is 9.58. The summed E-state index contributed by atoms with van der Waals surface area (Å²) in [6.45, 7) is 0. The third-order valence-electron chi connectivity index (χ3n) is 13.1. The molecule has 51 heavy (non-hydrogen) atoms. The van der Waals surface area contributed by atoms with Crippen molar-refractivity contribution < 1.29 is 0 Å². The molecular formula is C45H27N3O3. The fraction of sp³-hybridized carbons (Fsp3) is 0.133. The largest absolute Gasteiger partial charge is 0.336 e.